The van der Waals surface area contributed by atoms with Crippen molar-refractivity contribution in [3.8, 4) is 6.07 Å². The number of ether oxygens (including phenoxy) is 2. The van der Waals surface area contributed by atoms with Crippen molar-refractivity contribution in [2.45, 2.75) is 25.7 Å². The van der Waals surface area contributed by atoms with Crippen molar-refractivity contribution in [3.05, 3.63) is 11.3 Å². The molecule has 2 aliphatic rings. The normalized spacial score (nSPS) is 31.2. The van der Waals surface area contributed by atoms with Gasteiger partial charge in [-0.2, -0.15) is 5.26 Å². The third kappa shape index (κ3) is 1.20. The van der Waals surface area contributed by atoms with Gasteiger partial charge in [0.05, 0.1) is 0 Å². The predicted molar refractivity (Wildman–Crippen MR) is 41.2 cm³/mol. The average molecular weight is 180 g/mol. The molecule has 0 spiro atoms. The van der Waals surface area contributed by atoms with Crippen LogP contribution in [0.2, 0.25) is 0 Å². The number of fused-ring (bicyclic) bond motifs is 1. The van der Waals surface area contributed by atoms with E-state index in [1.165, 1.54) is 0 Å². The van der Waals surface area contributed by atoms with E-state index >= 15 is 0 Å². The zero-order valence-corrected chi connectivity index (χ0v) is 7.03. The van der Waals surface area contributed by atoms with Crippen LogP contribution in [0.25, 0.3) is 0 Å². The molecule has 1 amide bonds. The Kier molecular flexibility index (Phi) is 1.62. The molecule has 0 unspecified atom stereocenters. The van der Waals surface area contributed by atoms with Crippen LogP contribution in [0.1, 0.15) is 13.3 Å². The van der Waals surface area contributed by atoms with E-state index in [-0.39, 0.29) is 11.9 Å². The van der Waals surface area contributed by atoms with Crippen LogP contribution in [0.3, 0.4) is 0 Å². The number of allylic oxidation sites excluding steroid dienone is 1. The van der Waals surface area contributed by atoms with Crippen molar-refractivity contribution >= 4 is 6.09 Å². The van der Waals surface area contributed by atoms with Crippen LogP contribution in [-0.2, 0) is 9.47 Å². The topological polar surface area (TPSA) is 71.3 Å². The molecule has 1 N–H and O–H groups in total. The molecule has 2 rings (SSSR count). The fraction of sp³-hybridized carbons (Fsp3) is 0.500. The fourth-order valence-electron chi connectivity index (χ4n) is 1.44. The van der Waals surface area contributed by atoms with Gasteiger partial charge in [0.2, 0.25) is 6.23 Å². The molecule has 0 radical (unpaired) electrons. The van der Waals surface area contributed by atoms with Crippen LogP contribution in [0, 0.1) is 11.3 Å². The lowest BCUT2D eigenvalue weighted by Gasteiger charge is -2.23. The number of hydrogen-bond donors (Lipinski definition) is 1. The third-order valence-electron chi connectivity index (χ3n) is 2.10. The van der Waals surface area contributed by atoms with E-state index in [9.17, 15) is 4.79 Å². The average Bonchev–Trinajstić information content (AvgIpc) is 2.42. The molecule has 0 bridgehead atoms. The molecule has 0 aliphatic carbocycles. The second kappa shape index (κ2) is 2.66. The zero-order chi connectivity index (χ0) is 9.42. The third-order valence-corrected chi connectivity index (χ3v) is 2.10. The summed E-state index contributed by atoms with van der Waals surface area (Å²) >= 11 is 0. The Morgan fingerprint density at radius 3 is 3.08 bits per heavy atom. The summed E-state index contributed by atoms with van der Waals surface area (Å²) in [5.41, 5.74) is 0.820. The number of nitriles is 1. The highest BCUT2D eigenvalue weighted by atomic mass is 16.6. The van der Waals surface area contributed by atoms with E-state index in [0.29, 0.717) is 6.42 Å². The van der Waals surface area contributed by atoms with Gasteiger partial charge in [-0.25, -0.2) is 4.79 Å². The molecular formula is C8H8N2O3. The molecule has 0 aromatic carbocycles. The first-order valence-corrected chi connectivity index (χ1v) is 3.94. The van der Waals surface area contributed by atoms with Crippen molar-refractivity contribution in [2.24, 2.45) is 0 Å². The number of hydrogen-bond acceptors (Lipinski definition) is 4. The first kappa shape index (κ1) is 7.92. The van der Waals surface area contributed by atoms with Crippen molar-refractivity contribution < 1.29 is 14.3 Å². The Bertz CT molecular complexity index is 329. The van der Waals surface area contributed by atoms with Gasteiger partial charge in [-0.3, -0.25) is 5.32 Å². The molecule has 1 saturated heterocycles. The van der Waals surface area contributed by atoms with Crippen LogP contribution in [0.4, 0.5) is 4.79 Å². The largest absolute Gasteiger partial charge is 0.456 e. The Hall–Kier alpha value is -1.70. The molecule has 5 nitrogen and oxygen atoms in total. The van der Waals surface area contributed by atoms with E-state index < -0.39 is 12.3 Å². The highest BCUT2D eigenvalue weighted by molar-refractivity contribution is 5.70. The molecule has 13 heavy (non-hydrogen) atoms. The van der Waals surface area contributed by atoms with Gasteiger partial charge in [0.25, 0.3) is 0 Å². The monoisotopic (exact) mass is 180 g/mol. The number of alkyl carbamates (subject to hydrolysis) is 1. The second-order valence-corrected chi connectivity index (χ2v) is 3.05. The summed E-state index contributed by atoms with van der Waals surface area (Å²) < 4.78 is 10.1. The summed E-state index contributed by atoms with van der Waals surface area (Å²) in [6, 6.07) is 1.93. The molecule has 1 fully saturated rings. The summed E-state index contributed by atoms with van der Waals surface area (Å²) in [7, 11) is 0. The minimum atomic E-state index is -0.495. The molecular weight excluding hydrogens is 172 g/mol. The number of nitrogens with one attached hydrogen (secondary N) is 1. The van der Waals surface area contributed by atoms with E-state index in [1.54, 1.807) is 6.92 Å². The smallest absolute Gasteiger partial charge is 0.410 e. The van der Waals surface area contributed by atoms with Gasteiger partial charge in [0.1, 0.15) is 6.07 Å². The Morgan fingerprint density at radius 1 is 1.62 bits per heavy atom. The summed E-state index contributed by atoms with van der Waals surface area (Å²) in [5.74, 6) is 0.284. The van der Waals surface area contributed by atoms with E-state index in [1.807, 2.05) is 6.07 Å². The number of amides is 1. The van der Waals surface area contributed by atoms with Gasteiger partial charge in [-0.05, 0) is 12.5 Å². The maximum atomic E-state index is 10.8. The zero-order valence-electron chi connectivity index (χ0n) is 7.03. The van der Waals surface area contributed by atoms with Gasteiger partial charge in [-0.1, -0.05) is 0 Å². The lowest BCUT2D eigenvalue weighted by atomic mass is 10.1. The van der Waals surface area contributed by atoms with Gasteiger partial charge >= 0.3 is 6.09 Å². The van der Waals surface area contributed by atoms with Gasteiger partial charge in [0, 0.05) is 6.42 Å². The lowest BCUT2D eigenvalue weighted by molar-refractivity contribution is 0.0193. The summed E-state index contributed by atoms with van der Waals surface area (Å²) in [5, 5.41) is 11.1. The minimum Gasteiger partial charge on any atom is -0.456 e. The summed E-state index contributed by atoms with van der Waals surface area (Å²) in [6.07, 6.45) is -0.704. The number of nitrogens with zero attached hydrogens (tertiary/aromatic N) is 1. The molecule has 0 aromatic rings. The van der Waals surface area contributed by atoms with Gasteiger partial charge < -0.3 is 9.47 Å². The predicted octanol–water partition coefficient (Wildman–Crippen LogP) is 0.639. The Labute approximate surface area is 74.9 Å². The molecule has 0 aromatic heterocycles. The first-order valence-electron chi connectivity index (χ1n) is 3.94. The van der Waals surface area contributed by atoms with Crippen LogP contribution in [0.5, 0.6) is 0 Å². The van der Waals surface area contributed by atoms with Crippen molar-refractivity contribution in [2.75, 3.05) is 0 Å². The molecule has 2 aliphatic heterocycles. The number of rotatable bonds is 0. The van der Waals surface area contributed by atoms with Crippen molar-refractivity contribution in [1.29, 1.82) is 5.26 Å². The van der Waals surface area contributed by atoms with E-state index in [0.717, 1.165) is 5.57 Å². The molecule has 0 saturated carbocycles. The van der Waals surface area contributed by atoms with Crippen molar-refractivity contribution in [1.82, 2.24) is 5.32 Å². The second-order valence-electron chi connectivity index (χ2n) is 3.05. The SMILES string of the molecule is CC1=C(C#N)O[C@H]2NC(=O)O[C@@H]2C1. The van der Waals surface area contributed by atoms with Crippen LogP contribution in [0.15, 0.2) is 11.3 Å². The van der Waals surface area contributed by atoms with E-state index in [2.05, 4.69) is 5.32 Å². The van der Waals surface area contributed by atoms with E-state index in [4.69, 9.17) is 14.7 Å². The highest BCUT2D eigenvalue weighted by Gasteiger charge is 2.39. The summed E-state index contributed by atoms with van der Waals surface area (Å²) in [4.78, 5) is 10.8. The number of carbonyl (C=O) groups is 1. The first-order chi connectivity index (χ1) is 6.20. The van der Waals surface area contributed by atoms with Crippen LogP contribution in [-0.4, -0.2) is 18.4 Å². The van der Waals surface area contributed by atoms with Crippen LogP contribution >= 0.6 is 0 Å². The van der Waals surface area contributed by atoms with Crippen LogP contribution < -0.4 is 5.32 Å². The summed E-state index contributed by atoms with van der Waals surface area (Å²) in [6.45, 7) is 1.79. The fourth-order valence-corrected chi connectivity index (χ4v) is 1.44. The molecule has 2 heterocycles. The quantitative estimate of drug-likeness (QED) is 0.593. The maximum Gasteiger partial charge on any atom is 0.410 e. The minimum absolute atomic E-state index is 0.284. The Balaban J connectivity index is 2.20. The standard InChI is InChI=1S/C8H8N2O3/c1-4-2-5-7(10-8(11)13-5)12-6(4)3-9/h5,7H,2H2,1H3,(H,10,11)/t5-,7-/m1/s1. The highest BCUT2D eigenvalue weighted by Crippen LogP contribution is 2.27. The van der Waals surface area contributed by atoms with Crippen molar-refractivity contribution in [3.63, 3.8) is 0 Å². The maximum absolute atomic E-state index is 10.8. The number of carbonyl (C=O) groups excluding carboxylic acids is 1. The van der Waals surface area contributed by atoms with Gasteiger partial charge in [-0.15, -0.1) is 0 Å². The molecule has 68 valence electrons. The Morgan fingerprint density at radius 2 is 2.38 bits per heavy atom. The molecule has 5 heteroatoms. The van der Waals surface area contributed by atoms with Gasteiger partial charge in [0.15, 0.2) is 11.9 Å². The lowest BCUT2D eigenvalue weighted by Crippen LogP contribution is -2.37. The molecule has 2 atom stereocenters.